The van der Waals surface area contributed by atoms with Gasteiger partial charge in [-0.15, -0.1) is 0 Å². The van der Waals surface area contributed by atoms with Crippen molar-refractivity contribution in [3.05, 3.63) is 35.4 Å². The lowest BCUT2D eigenvalue weighted by atomic mass is 10.00. The van der Waals surface area contributed by atoms with Crippen LogP contribution in [0.3, 0.4) is 0 Å². The minimum atomic E-state index is 0.567. The molecular formula is C16H25NS. The maximum Gasteiger partial charge on any atom is 0.0186 e. The predicted octanol–water partition coefficient (Wildman–Crippen LogP) is 3.80. The second kappa shape index (κ2) is 6.63. The lowest BCUT2D eigenvalue weighted by molar-refractivity contribution is 0.408. The van der Waals surface area contributed by atoms with Gasteiger partial charge in [0, 0.05) is 17.3 Å². The lowest BCUT2D eigenvalue weighted by Crippen LogP contribution is -2.44. The molecule has 1 heterocycles. The SMILES string of the molecule is Cc1ccccc1CC(C)NC1CCCSC1C. The zero-order valence-electron chi connectivity index (χ0n) is 11.8. The average molecular weight is 263 g/mol. The summed E-state index contributed by atoms with van der Waals surface area (Å²) >= 11 is 2.12. The van der Waals surface area contributed by atoms with Gasteiger partial charge in [-0.2, -0.15) is 11.8 Å². The first-order valence-corrected chi connectivity index (χ1v) is 8.14. The summed E-state index contributed by atoms with van der Waals surface area (Å²) in [5.41, 5.74) is 2.89. The molecule has 0 aliphatic carbocycles. The Hall–Kier alpha value is -0.470. The molecule has 0 radical (unpaired) electrons. The quantitative estimate of drug-likeness (QED) is 0.887. The van der Waals surface area contributed by atoms with Crippen molar-refractivity contribution in [2.75, 3.05) is 5.75 Å². The summed E-state index contributed by atoms with van der Waals surface area (Å²) < 4.78 is 0. The van der Waals surface area contributed by atoms with Gasteiger partial charge in [0.2, 0.25) is 0 Å². The van der Waals surface area contributed by atoms with E-state index in [1.165, 1.54) is 29.7 Å². The summed E-state index contributed by atoms with van der Waals surface area (Å²) in [6.45, 7) is 6.89. The van der Waals surface area contributed by atoms with Gasteiger partial charge < -0.3 is 5.32 Å². The molecule has 1 aromatic carbocycles. The van der Waals surface area contributed by atoms with Gasteiger partial charge in [-0.1, -0.05) is 31.2 Å². The number of hydrogen-bond donors (Lipinski definition) is 1. The Kier molecular flexibility index (Phi) is 5.13. The maximum atomic E-state index is 3.82. The summed E-state index contributed by atoms with van der Waals surface area (Å²) in [6.07, 6.45) is 3.84. The summed E-state index contributed by atoms with van der Waals surface area (Å²) in [7, 11) is 0. The molecule has 1 aliphatic heterocycles. The fraction of sp³-hybridized carbons (Fsp3) is 0.625. The third-order valence-electron chi connectivity index (χ3n) is 3.89. The third kappa shape index (κ3) is 3.76. The molecule has 1 aromatic rings. The zero-order valence-corrected chi connectivity index (χ0v) is 12.6. The van der Waals surface area contributed by atoms with Gasteiger partial charge in [0.15, 0.2) is 0 Å². The first-order chi connectivity index (χ1) is 8.66. The second-order valence-electron chi connectivity index (χ2n) is 5.52. The van der Waals surface area contributed by atoms with Crippen LogP contribution in [0.25, 0.3) is 0 Å². The van der Waals surface area contributed by atoms with E-state index in [1.807, 2.05) is 0 Å². The normalized spacial score (nSPS) is 25.9. The topological polar surface area (TPSA) is 12.0 Å². The van der Waals surface area contributed by atoms with E-state index < -0.39 is 0 Å². The van der Waals surface area contributed by atoms with Gasteiger partial charge in [0.1, 0.15) is 0 Å². The fourth-order valence-corrected chi connectivity index (χ4v) is 3.89. The zero-order chi connectivity index (χ0) is 13.0. The summed E-state index contributed by atoms with van der Waals surface area (Å²) in [4.78, 5) is 0. The monoisotopic (exact) mass is 263 g/mol. The van der Waals surface area contributed by atoms with Gasteiger partial charge in [0.05, 0.1) is 0 Å². The highest BCUT2D eigenvalue weighted by molar-refractivity contribution is 7.99. The van der Waals surface area contributed by atoms with Crippen LogP contribution >= 0.6 is 11.8 Å². The van der Waals surface area contributed by atoms with Crippen molar-refractivity contribution < 1.29 is 0 Å². The molecule has 0 spiro atoms. The Bertz CT molecular complexity index is 377. The van der Waals surface area contributed by atoms with Crippen molar-refractivity contribution >= 4 is 11.8 Å². The highest BCUT2D eigenvalue weighted by Gasteiger charge is 2.22. The third-order valence-corrected chi connectivity index (χ3v) is 5.27. The summed E-state index contributed by atoms with van der Waals surface area (Å²) in [5.74, 6) is 1.34. The minimum absolute atomic E-state index is 0.567. The highest BCUT2D eigenvalue weighted by atomic mass is 32.2. The average Bonchev–Trinajstić information content (AvgIpc) is 2.35. The largest absolute Gasteiger partial charge is 0.310 e. The molecular weight excluding hydrogens is 238 g/mol. The number of nitrogens with one attached hydrogen (secondary N) is 1. The van der Waals surface area contributed by atoms with E-state index in [0.29, 0.717) is 12.1 Å². The van der Waals surface area contributed by atoms with Crippen LogP contribution in [0, 0.1) is 6.92 Å². The van der Waals surface area contributed by atoms with E-state index in [-0.39, 0.29) is 0 Å². The summed E-state index contributed by atoms with van der Waals surface area (Å²) in [6, 6.07) is 10.00. The molecule has 18 heavy (non-hydrogen) atoms. The van der Waals surface area contributed by atoms with Gasteiger partial charge in [-0.3, -0.25) is 0 Å². The van der Waals surface area contributed by atoms with Crippen molar-refractivity contribution in [1.29, 1.82) is 0 Å². The van der Waals surface area contributed by atoms with Crippen LogP contribution in [0.2, 0.25) is 0 Å². The Morgan fingerprint density at radius 3 is 2.89 bits per heavy atom. The Morgan fingerprint density at radius 1 is 1.39 bits per heavy atom. The Labute approximate surface area is 116 Å². The summed E-state index contributed by atoms with van der Waals surface area (Å²) in [5, 5.41) is 4.59. The molecule has 0 saturated carbocycles. The van der Waals surface area contributed by atoms with E-state index in [1.54, 1.807) is 0 Å². The van der Waals surface area contributed by atoms with Gasteiger partial charge in [-0.05, 0) is 50.0 Å². The van der Waals surface area contributed by atoms with Crippen LogP contribution < -0.4 is 5.32 Å². The fourth-order valence-electron chi connectivity index (χ4n) is 2.74. The first kappa shape index (κ1) is 14.0. The number of thioether (sulfide) groups is 1. The van der Waals surface area contributed by atoms with Crippen molar-refractivity contribution in [3.63, 3.8) is 0 Å². The van der Waals surface area contributed by atoms with Crippen molar-refractivity contribution in [1.82, 2.24) is 5.32 Å². The Balaban J connectivity index is 1.88. The van der Waals surface area contributed by atoms with Crippen molar-refractivity contribution in [3.8, 4) is 0 Å². The van der Waals surface area contributed by atoms with Gasteiger partial charge in [-0.25, -0.2) is 0 Å². The molecule has 100 valence electrons. The highest BCUT2D eigenvalue weighted by Crippen LogP contribution is 2.25. The molecule has 0 bridgehead atoms. The predicted molar refractivity (Wildman–Crippen MR) is 82.4 cm³/mol. The molecule has 0 aromatic heterocycles. The number of hydrogen-bond acceptors (Lipinski definition) is 2. The molecule has 1 fully saturated rings. The van der Waals surface area contributed by atoms with Crippen LogP contribution in [0.5, 0.6) is 0 Å². The van der Waals surface area contributed by atoms with Crippen molar-refractivity contribution in [2.45, 2.75) is 57.4 Å². The van der Waals surface area contributed by atoms with Crippen LogP contribution in [-0.4, -0.2) is 23.1 Å². The number of aryl methyl sites for hydroxylation is 1. The molecule has 2 heteroatoms. The van der Waals surface area contributed by atoms with Gasteiger partial charge in [0.25, 0.3) is 0 Å². The molecule has 3 atom stereocenters. The molecule has 1 aliphatic rings. The smallest absolute Gasteiger partial charge is 0.0186 e. The van der Waals surface area contributed by atoms with Crippen LogP contribution in [0.15, 0.2) is 24.3 Å². The minimum Gasteiger partial charge on any atom is -0.310 e. The standard InChI is InChI=1S/C16H25NS/c1-12-7-4-5-8-15(12)11-13(2)17-16-9-6-10-18-14(16)3/h4-5,7-8,13-14,16-17H,6,9-11H2,1-3H3. The number of rotatable bonds is 4. The maximum absolute atomic E-state index is 3.82. The van der Waals surface area contributed by atoms with Crippen LogP contribution in [0.1, 0.15) is 37.8 Å². The van der Waals surface area contributed by atoms with Gasteiger partial charge >= 0.3 is 0 Å². The van der Waals surface area contributed by atoms with E-state index in [4.69, 9.17) is 0 Å². The number of benzene rings is 1. The van der Waals surface area contributed by atoms with E-state index in [2.05, 4.69) is 62.1 Å². The Morgan fingerprint density at radius 2 is 2.17 bits per heavy atom. The first-order valence-electron chi connectivity index (χ1n) is 7.09. The molecule has 2 rings (SSSR count). The van der Waals surface area contributed by atoms with E-state index >= 15 is 0 Å². The van der Waals surface area contributed by atoms with Crippen LogP contribution in [0.4, 0.5) is 0 Å². The molecule has 1 saturated heterocycles. The van der Waals surface area contributed by atoms with E-state index in [0.717, 1.165) is 11.7 Å². The molecule has 1 N–H and O–H groups in total. The molecule has 3 unspecified atom stereocenters. The lowest BCUT2D eigenvalue weighted by Gasteiger charge is -2.32. The molecule has 0 amide bonds. The van der Waals surface area contributed by atoms with E-state index in [9.17, 15) is 0 Å². The van der Waals surface area contributed by atoms with Crippen LogP contribution in [-0.2, 0) is 6.42 Å². The molecule has 1 nitrogen and oxygen atoms in total. The van der Waals surface area contributed by atoms with Crippen molar-refractivity contribution in [2.24, 2.45) is 0 Å². The second-order valence-corrected chi connectivity index (χ2v) is 7.01.